The standard InChI is InChI=1S/C25H20FNO5/c1-31-18-12-13-19(20(14-18)32-2)22-21(23(28)15-6-4-3-5-7-15)24(29)25(30)27(22)17-10-8-16(26)9-11-17/h3-14,22,28H,1-2H3/t22-/m1/s1. The Bertz CT molecular complexity index is 1200. The Kier molecular flexibility index (Phi) is 5.64. The molecule has 0 aromatic heterocycles. The molecule has 1 atom stereocenters. The smallest absolute Gasteiger partial charge is 0.300 e. The first kappa shape index (κ1) is 21.1. The van der Waals surface area contributed by atoms with Crippen LogP contribution in [0.1, 0.15) is 17.2 Å². The number of benzene rings is 3. The molecule has 0 spiro atoms. The molecule has 0 saturated carbocycles. The first-order valence-electron chi connectivity index (χ1n) is 9.80. The number of amides is 1. The second-order valence-corrected chi connectivity index (χ2v) is 7.12. The summed E-state index contributed by atoms with van der Waals surface area (Å²) in [5, 5.41) is 11.1. The number of ether oxygens (including phenoxy) is 2. The summed E-state index contributed by atoms with van der Waals surface area (Å²) in [6.07, 6.45) is 0. The summed E-state index contributed by atoms with van der Waals surface area (Å²) >= 11 is 0. The fraction of sp³-hybridized carbons (Fsp3) is 0.120. The molecule has 1 saturated heterocycles. The molecule has 1 N–H and O–H groups in total. The fourth-order valence-corrected chi connectivity index (χ4v) is 3.79. The fourth-order valence-electron chi connectivity index (χ4n) is 3.79. The number of nitrogens with zero attached hydrogens (tertiary/aromatic N) is 1. The highest BCUT2D eigenvalue weighted by Gasteiger charge is 2.48. The molecule has 3 aromatic carbocycles. The van der Waals surface area contributed by atoms with E-state index in [1.165, 1.54) is 43.4 Å². The molecule has 0 radical (unpaired) electrons. The van der Waals surface area contributed by atoms with Crippen molar-refractivity contribution in [1.29, 1.82) is 0 Å². The van der Waals surface area contributed by atoms with Gasteiger partial charge in [0.1, 0.15) is 23.1 Å². The maximum absolute atomic E-state index is 13.5. The SMILES string of the molecule is COc1ccc([C@@H]2C(=C(O)c3ccccc3)C(=O)C(=O)N2c2ccc(F)cc2)c(OC)c1. The van der Waals surface area contributed by atoms with E-state index >= 15 is 0 Å². The normalized spacial score (nSPS) is 17.5. The third kappa shape index (κ3) is 3.58. The van der Waals surface area contributed by atoms with Gasteiger partial charge in [-0.2, -0.15) is 0 Å². The lowest BCUT2D eigenvalue weighted by Gasteiger charge is -2.27. The van der Waals surface area contributed by atoms with Crippen molar-refractivity contribution in [2.24, 2.45) is 0 Å². The molecule has 3 aromatic rings. The molecular weight excluding hydrogens is 413 g/mol. The van der Waals surface area contributed by atoms with Crippen molar-refractivity contribution in [2.75, 3.05) is 19.1 Å². The summed E-state index contributed by atoms with van der Waals surface area (Å²) < 4.78 is 24.3. The molecule has 4 rings (SSSR count). The molecule has 1 aliphatic heterocycles. The third-order valence-electron chi connectivity index (χ3n) is 5.33. The van der Waals surface area contributed by atoms with Crippen molar-refractivity contribution in [1.82, 2.24) is 0 Å². The molecule has 1 fully saturated rings. The first-order valence-corrected chi connectivity index (χ1v) is 9.80. The Morgan fingerprint density at radius 1 is 0.938 bits per heavy atom. The van der Waals surface area contributed by atoms with Crippen LogP contribution in [0.25, 0.3) is 5.76 Å². The van der Waals surface area contributed by atoms with Crippen molar-refractivity contribution < 1.29 is 28.6 Å². The van der Waals surface area contributed by atoms with Crippen LogP contribution in [-0.2, 0) is 9.59 Å². The van der Waals surface area contributed by atoms with E-state index in [0.717, 1.165) is 0 Å². The zero-order valence-corrected chi connectivity index (χ0v) is 17.4. The predicted molar refractivity (Wildman–Crippen MR) is 117 cm³/mol. The lowest BCUT2D eigenvalue weighted by atomic mass is 9.94. The molecule has 7 heteroatoms. The van der Waals surface area contributed by atoms with Crippen LogP contribution in [0.3, 0.4) is 0 Å². The molecule has 1 aliphatic rings. The van der Waals surface area contributed by atoms with E-state index in [-0.39, 0.29) is 11.3 Å². The maximum atomic E-state index is 13.5. The van der Waals surface area contributed by atoms with Crippen molar-refractivity contribution >= 4 is 23.1 Å². The summed E-state index contributed by atoms with van der Waals surface area (Å²) in [6.45, 7) is 0. The molecule has 1 amide bonds. The average Bonchev–Trinajstić information content (AvgIpc) is 3.09. The van der Waals surface area contributed by atoms with E-state index in [0.29, 0.717) is 28.3 Å². The molecule has 32 heavy (non-hydrogen) atoms. The Morgan fingerprint density at radius 3 is 2.25 bits per heavy atom. The van der Waals surface area contributed by atoms with E-state index in [4.69, 9.17) is 9.47 Å². The van der Waals surface area contributed by atoms with Gasteiger partial charge in [-0.25, -0.2) is 4.39 Å². The highest BCUT2D eigenvalue weighted by molar-refractivity contribution is 6.51. The third-order valence-corrected chi connectivity index (χ3v) is 5.33. The topological polar surface area (TPSA) is 76.1 Å². The second-order valence-electron chi connectivity index (χ2n) is 7.12. The van der Waals surface area contributed by atoms with Crippen LogP contribution in [0.4, 0.5) is 10.1 Å². The molecule has 6 nitrogen and oxygen atoms in total. The van der Waals surface area contributed by atoms with E-state index in [2.05, 4.69) is 0 Å². The number of rotatable bonds is 5. The summed E-state index contributed by atoms with van der Waals surface area (Å²) in [4.78, 5) is 27.5. The Labute approximate surface area is 184 Å². The monoisotopic (exact) mass is 433 g/mol. The van der Waals surface area contributed by atoms with Crippen LogP contribution in [0.2, 0.25) is 0 Å². The van der Waals surface area contributed by atoms with Crippen LogP contribution in [0.5, 0.6) is 11.5 Å². The number of hydrogen-bond acceptors (Lipinski definition) is 5. The highest BCUT2D eigenvalue weighted by atomic mass is 19.1. The summed E-state index contributed by atoms with van der Waals surface area (Å²) in [5.74, 6) is -1.59. The van der Waals surface area contributed by atoms with E-state index in [9.17, 15) is 19.1 Å². The summed E-state index contributed by atoms with van der Waals surface area (Å²) in [7, 11) is 2.97. The van der Waals surface area contributed by atoms with Gasteiger partial charge < -0.3 is 14.6 Å². The van der Waals surface area contributed by atoms with Crippen LogP contribution in [0, 0.1) is 5.82 Å². The summed E-state index contributed by atoms with van der Waals surface area (Å²) in [6, 6.07) is 17.7. The zero-order valence-electron chi connectivity index (χ0n) is 17.4. The number of halogens is 1. The zero-order chi connectivity index (χ0) is 22.8. The number of carbonyl (C=O) groups excluding carboxylic acids is 2. The van der Waals surface area contributed by atoms with Crippen LogP contribution in [0.15, 0.2) is 78.4 Å². The predicted octanol–water partition coefficient (Wildman–Crippen LogP) is 4.47. The van der Waals surface area contributed by atoms with Gasteiger partial charge in [0.25, 0.3) is 11.7 Å². The lowest BCUT2D eigenvalue weighted by molar-refractivity contribution is -0.132. The number of aliphatic hydroxyl groups is 1. The largest absolute Gasteiger partial charge is 0.507 e. The lowest BCUT2D eigenvalue weighted by Crippen LogP contribution is -2.29. The number of hydrogen-bond donors (Lipinski definition) is 1. The number of aliphatic hydroxyl groups excluding tert-OH is 1. The van der Waals surface area contributed by atoms with Crippen molar-refractivity contribution in [3.63, 3.8) is 0 Å². The van der Waals surface area contributed by atoms with E-state index < -0.39 is 23.5 Å². The van der Waals surface area contributed by atoms with Gasteiger partial charge in [0.05, 0.1) is 25.8 Å². The molecule has 0 aliphatic carbocycles. The van der Waals surface area contributed by atoms with Crippen LogP contribution in [-0.4, -0.2) is 31.0 Å². The van der Waals surface area contributed by atoms with Crippen molar-refractivity contribution in [3.05, 3.63) is 95.3 Å². The number of Topliss-reactive ketones (excluding diaryl/α,β-unsaturated/α-hetero) is 1. The highest BCUT2D eigenvalue weighted by Crippen LogP contribution is 2.45. The van der Waals surface area contributed by atoms with Gasteiger partial charge in [-0.05, 0) is 36.4 Å². The minimum absolute atomic E-state index is 0.0889. The maximum Gasteiger partial charge on any atom is 0.300 e. The van der Waals surface area contributed by atoms with Gasteiger partial charge in [0, 0.05) is 22.9 Å². The van der Waals surface area contributed by atoms with Crippen LogP contribution >= 0.6 is 0 Å². The van der Waals surface area contributed by atoms with E-state index in [1.54, 1.807) is 48.5 Å². The van der Waals surface area contributed by atoms with E-state index in [1.807, 2.05) is 0 Å². The quantitative estimate of drug-likeness (QED) is 0.365. The molecule has 162 valence electrons. The average molecular weight is 433 g/mol. The number of anilines is 1. The number of carbonyl (C=O) groups is 2. The van der Waals surface area contributed by atoms with Gasteiger partial charge in [0.15, 0.2) is 0 Å². The minimum Gasteiger partial charge on any atom is -0.507 e. The van der Waals surface area contributed by atoms with Crippen LogP contribution < -0.4 is 14.4 Å². The molecule has 0 unspecified atom stereocenters. The van der Waals surface area contributed by atoms with Crippen molar-refractivity contribution in [3.8, 4) is 11.5 Å². The molecular formula is C25H20FNO5. The Morgan fingerprint density at radius 2 is 1.62 bits per heavy atom. The minimum atomic E-state index is -0.999. The van der Waals surface area contributed by atoms with Gasteiger partial charge in [0.2, 0.25) is 0 Å². The Balaban J connectivity index is 1.99. The van der Waals surface area contributed by atoms with Gasteiger partial charge >= 0.3 is 0 Å². The molecule has 1 heterocycles. The second kappa shape index (κ2) is 8.55. The number of methoxy groups -OCH3 is 2. The van der Waals surface area contributed by atoms with Crippen molar-refractivity contribution in [2.45, 2.75) is 6.04 Å². The first-order chi connectivity index (χ1) is 15.5. The Hall–Kier alpha value is -4.13. The molecule has 0 bridgehead atoms. The van der Waals surface area contributed by atoms with Gasteiger partial charge in [-0.3, -0.25) is 14.5 Å². The van der Waals surface area contributed by atoms with Gasteiger partial charge in [-0.15, -0.1) is 0 Å². The number of ketones is 1. The van der Waals surface area contributed by atoms with Gasteiger partial charge in [-0.1, -0.05) is 30.3 Å². The summed E-state index contributed by atoms with van der Waals surface area (Å²) in [5.41, 5.74) is 1.08.